The number of benzene rings is 2. The fraction of sp³-hybridized carbons (Fsp3) is 0.211. The predicted molar refractivity (Wildman–Crippen MR) is 89.8 cm³/mol. The summed E-state index contributed by atoms with van der Waals surface area (Å²) < 4.78 is 11.2. The number of hydrogen-bond acceptors (Lipinski definition) is 4. The van der Waals surface area contributed by atoms with E-state index in [1.165, 1.54) is 0 Å². The Hall–Kier alpha value is -2.59. The highest BCUT2D eigenvalue weighted by Crippen LogP contribution is 2.36. The Kier molecular flexibility index (Phi) is 4.44. The molecule has 1 heterocycles. The highest BCUT2D eigenvalue weighted by atomic mass is 16.5. The maximum atomic E-state index is 12.5. The van der Waals surface area contributed by atoms with Crippen LogP contribution in [0, 0.1) is 0 Å². The van der Waals surface area contributed by atoms with E-state index in [1.807, 2.05) is 54.4 Å². The third-order valence-electron chi connectivity index (χ3n) is 3.79. The molecule has 0 N–H and O–H groups in total. The Morgan fingerprint density at radius 3 is 2.74 bits per heavy atom. The summed E-state index contributed by atoms with van der Waals surface area (Å²) in [5.74, 6) is 1.30. The summed E-state index contributed by atoms with van der Waals surface area (Å²) in [6.07, 6.45) is 3.40. The first kappa shape index (κ1) is 15.3. The summed E-state index contributed by atoms with van der Waals surface area (Å²) in [4.78, 5) is 14.6. The quantitative estimate of drug-likeness (QED) is 0.641. The minimum absolute atomic E-state index is 0.0719. The zero-order valence-electron chi connectivity index (χ0n) is 13.3. The van der Waals surface area contributed by atoms with E-state index in [1.54, 1.807) is 19.3 Å². The number of ketones is 1. The van der Waals surface area contributed by atoms with Gasteiger partial charge in [-0.1, -0.05) is 36.4 Å². The lowest BCUT2D eigenvalue weighted by molar-refractivity contribution is 0.101. The maximum absolute atomic E-state index is 12.5. The van der Waals surface area contributed by atoms with Crippen LogP contribution in [0.2, 0.25) is 0 Å². The van der Waals surface area contributed by atoms with Gasteiger partial charge in [0.25, 0.3) is 0 Å². The average Bonchev–Trinajstić information content (AvgIpc) is 2.59. The van der Waals surface area contributed by atoms with E-state index in [0.717, 1.165) is 16.9 Å². The topological polar surface area (TPSA) is 38.8 Å². The van der Waals surface area contributed by atoms with Gasteiger partial charge in [0.05, 0.1) is 18.2 Å². The van der Waals surface area contributed by atoms with Gasteiger partial charge in [0.2, 0.25) is 0 Å². The molecule has 118 valence electrons. The second kappa shape index (κ2) is 6.67. The second-order valence-electron chi connectivity index (χ2n) is 5.52. The van der Waals surface area contributed by atoms with Gasteiger partial charge < -0.3 is 9.47 Å². The molecule has 0 atom stereocenters. The third kappa shape index (κ3) is 3.27. The van der Waals surface area contributed by atoms with Crippen LogP contribution in [0.4, 0.5) is 0 Å². The molecule has 0 radical (unpaired) electrons. The Balaban J connectivity index is 1.92. The van der Waals surface area contributed by atoms with Gasteiger partial charge in [-0.3, -0.25) is 9.69 Å². The Morgan fingerprint density at radius 2 is 2.00 bits per heavy atom. The molecule has 0 saturated heterocycles. The molecule has 1 aliphatic heterocycles. The first-order chi connectivity index (χ1) is 11.2. The third-order valence-corrected chi connectivity index (χ3v) is 3.79. The Labute approximate surface area is 135 Å². The van der Waals surface area contributed by atoms with Crippen LogP contribution >= 0.6 is 0 Å². The number of ether oxygens (including phenoxy) is 2. The monoisotopic (exact) mass is 309 g/mol. The van der Waals surface area contributed by atoms with Gasteiger partial charge in [-0.15, -0.1) is 0 Å². The molecule has 0 bridgehead atoms. The highest BCUT2D eigenvalue weighted by molar-refractivity contribution is 6.09. The van der Waals surface area contributed by atoms with Crippen molar-refractivity contribution in [2.75, 3.05) is 20.9 Å². The molecule has 0 unspecified atom stereocenters. The Morgan fingerprint density at radius 1 is 1.22 bits per heavy atom. The van der Waals surface area contributed by atoms with Crippen molar-refractivity contribution in [3.05, 3.63) is 65.2 Å². The molecule has 4 nitrogen and oxygen atoms in total. The normalized spacial score (nSPS) is 14.3. The van der Waals surface area contributed by atoms with E-state index in [4.69, 9.17) is 9.47 Å². The van der Waals surface area contributed by atoms with Crippen LogP contribution in [0.25, 0.3) is 6.08 Å². The van der Waals surface area contributed by atoms with E-state index in [2.05, 4.69) is 0 Å². The molecule has 0 amide bonds. The molecule has 4 heteroatoms. The van der Waals surface area contributed by atoms with Gasteiger partial charge >= 0.3 is 0 Å². The summed E-state index contributed by atoms with van der Waals surface area (Å²) in [5.41, 5.74) is 2.48. The first-order valence-corrected chi connectivity index (χ1v) is 7.47. The molecular formula is C19H19NO3. The summed E-state index contributed by atoms with van der Waals surface area (Å²) in [5, 5.41) is 0. The van der Waals surface area contributed by atoms with Crippen molar-refractivity contribution in [3.63, 3.8) is 0 Å². The van der Waals surface area contributed by atoms with E-state index >= 15 is 0 Å². The smallest absolute Gasteiger partial charge is 0.189 e. The molecule has 2 aromatic rings. The SMILES string of the molecule is COc1ccc(C(=O)/C=C/c2ccccc2)c2c1CN(C)CO2. The lowest BCUT2D eigenvalue weighted by atomic mass is 10.0. The number of carbonyl (C=O) groups is 1. The van der Waals surface area contributed by atoms with Crippen molar-refractivity contribution in [3.8, 4) is 11.5 Å². The molecule has 3 rings (SSSR count). The fourth-order valence-corrected chi connectivity index (χ4v) is 2.63. The van der Waals surface area contributed by atoms with E-state index in [0.29, 0.717) is 24.6 Å². The Bertz CT molecular complexity index is 738. The number of methoxy groups -OCH3 is 1. The van der Waals surface area contributed by atoms with Crippen molar-refractivity contribution in [2.45, 2.75) is 6.54 Å². The molecule has 0 spiro atoms. The van der Waals surface area contributed by atoms with Crippen LogP contribution in [0.15, 0.2) is 48.5 Å². The average molecular weight is 309 g/mol. The lowest BCUT2D eigenvalue weighted by Gasteiger charge is -2.28. The predicted octanol–water partition coefficient (Wildman–Crippen LogP) is 3.37. The van der Waals surface area contributed by atoms with E-state index in [-0.39, 0.29) is 5.78 Å². The van der Waals surface area contributed by atoms with Gasteiger partial charge in [-0.2, -0.15) is 0 Å². The van der Waals surface area contributed by atoms with Crippen molar-refractivity contribution in [2.24, 2.45) is 0 Å². The maximum Gasteiger partial charge on any atom is 0.189 e. The van der Waals surface area contributed by atoms with Gasteiger partial charge in [-0.25, -0.2) is 0 Å². The molecular weight excluding hydrogens is 290 g/mol. The molecule has 2 aromatic carbocycles. The summed E-state index contributed by atoms with van der Waals surface area (Å²) in [7, 11) is 3.59. The number of fused-ring (bicyclic) bond motifs is 1. The summed E-state index contributed by atoms with van der Waals surface area (Å²) in [6, 6.07) is 13.3. The number of rotatable bonds is 4. The highest BCUT2D eigenvalue weighted by Gasteiger charge is 2.24. The molecule has 0 fully saturated rings. The van der Waals surface area contributed by atoms with Crippen LogP contribution in [-0.2, 0) is 6.54 Å². The largest absolute Gasteiger partial charge is 0.496 e. The van der Waals surface area contributed by atoms with E-state index in [9.17, 15) is 4.79 Å². The van der Waals surface area contributed by atoms with Crippen molar-refractivity contribution >= 4 is 11.9 Å². The molecule has 0 aliphatic carbocycles. The second-order valence-corrected chi connectivity index (χ2v) is 5.52. The molecule has 0 aromatic heterocycles. The molecule has 1 aliphatic rings. The van der Waals surface area contributed by atoms with Crippen molar-refractivity contribution in [1.82, 2.24) is 4.90 Å². The van der Waals surface area contributed by atoms with Crippen LogP contribution in [0.3, 0.4) is 0 Å². The molecule has 0 saturated carbocycles. The van der Waals surface area contributed by atoms with Gasteiger partial charge in [0, 0.05) is 6.54 Å². The minimum Gasteiger partial charge on any atom is -0.496 e. The fourth-order valence-electron chi connectivity index (χ4n) is 2.63. The number of nitrogens with zero attached hydrogens (tertiary/aromatic N) is 1. The lowest BCUT2D eigenvalue weighted by Crippen LogP contribution is -2.29. The minimum atomic E-state index is -0.0719. The number of carbonyl (C=O) groups excluding carboxylic acids is 1. The van der Waals surface area contributed by atoms with Crippen LogP contribution in [0.1, 0.15) is 21.5 Å². The zero-order valence-corrected chi connectivity index (χ0v) is 13.3. The summed E-state index contributed by atoms with van der Waals surface area (Å²) in [6.45, 7) is 1.16. The van der Waals surface area contributed by atoms with Crippen LogP contribution in [0.5, 0.6) is 11.5 Å². The van der Waals surface area contributed by atoms with Crippen molar-refractivity contribution in [1.29, 1.82) is 0 Å². The standard InChI is InChI=1S/C19H19NO3/c1-20-12-16-18(22-2)11-9-15(19(16)23-13-20)17(21)10-8-14-6-4-3-5-7-14/h3-11H,12-13H2,1-2H3/b10-8+. The van der Waals surface area contributed by atoms with Gasteiger partial charge in [0.15, 0.2) is 5.78 Å². The van der Waals surface area contributed by atoms with Crippen molar-refractivity contribution < 1.29 is 14.3 Å². The molecule has 23 heavy (non-hydrogen) atoms. The van der Waals surface area contributed by atoms with E-state index < -0.39 is 0 Å². The summed E-state index contributed by atoms with van der Waals surface area (Å²) >= 11 is 0. The van der Waals surface area contributed by atoms with Gasteiger partial charge in [-0.05, 0) is 30.8 Å². The van der Waals surface area contributed by atoms with Crippen LogP contribution < -0.4 is 9.47 Å². The first-order valence-electron chi connectivity index (χ1n) is 7.47. The van der Waals surface area contributed by atoms with Gasteiger partial charge in [0.1, 0.15) is 18.2 Å². The zero-order chi connectivity index (χ0) is 16.2. The number of hydrogen-bond donors (Lipinski definition) is 0. The number of allylic oxidation sites excluding steroid dienone is 1. The van der Waals surface area contributed by atoms with Crippen LogP contribution in [-0.4, -0.2) is 31.6 Å².